The Hall–Kier alpha value is -2.71. The van der Waals surface area contributed by atoms with Gasteiger partial charge in [0.2, 0.25) is 0 Å². The van der Waals surface area contributed by atoms with Gasteiger partial charge in [-0.2, -0.15) is 5.10 Å². The number of aliphatic imine (C=N–C) groups is 1. The molecule has 8 nitrogen and oxygen atoms in total. The molecule has 1 fully saturated rings. The van der Waals surface area contributed by atoms with Gasteiger partial charge < -0.3 is 9.64 Å². The Balaban J connectivity index is 0.00000274. The number of anilines is 1. The van der Waals surface area contributed by atoms with Crippen molar-refractivity contribution in [2.24, 2.45) is 16.0 Å². The van der Waals surface area contributed by atoms with Gasteiger partial charge in [0.1, 0.15) is 11.4 Å². The summed E-state index contributed by atoms with van der Waals surface area (Å²) in [6, 6.07) is 8.63. The van der Waals surface area contributed by atoms with E-state index < -0.39 is 11.7 Å². The standard InChI is InChI=1S/C30H48N6O2.C2H6/c1-22(2)18-23(3)36-24(4)27(20-32-36)19-31-25(5)35(29(37)38-30(6,7)8)28-12-10-26(11-13-28)21-34-16-14-33(9)15-17-34;1-2/h10-13,19-20,22-24H,14-18,21H2,1-9H3;1-2H3/b27-19-,31-25?;/t23-,24?;/m1./s1. The molecule has 1 amide bonds. The minimum absolute atomic E-state index is 0.129. The van der Waals surface area contributed by atoms with E-state index in [-0.39, 0.29) is 6.04 Å². The van der Waals surface area contributed by atoms with Crippen LogP contribution in [-0.2, 0) is 11.3 Å². The van der Waals surface area contributed by atoms with Gasteiger partial charge >= 0.3 is 6.09 Å². The molecule has 2 aliphatic rings. The summed E-state index contributed by atoms with van der Waals surface area (Å²) in [5.41, 5.74) is 2.37. The molecule has 0 N–H and O–H groups in total. The van der Waals surface area contributed by atoms with Gasteiger partial charge in [-0.15, -0.1) is 0 Å². The number of hydrogen-bond donors (Lipinski definition) is 0. The number of benzene rings is 1. The number of ether oxygens (including phenoxy) is 1. The van der Waals surface area contributed by atoms with Crippen LogP contribution in [0.1, 0.15) is 81.2 Å². The Kier molecular flexibility index (Phi) is 12.8. The summed E-state index contributed by atoms with van der Waals surface area (Å²) in [7, 11) is 2.17. The minimum atomic E-state index is -0.616. The summed E-state index contributed by atoms with van der Waals surface area (Å²) >= 11 is 0. The van der Waals surface area contributed by atoms with Crippen LogP contribution in [0.3, 0.4) is 0 Å². The maximum Gasteiger partial charge on any atom is 0.420 e. The quantitative estimate of drug-likeness (QED) is 0.280. The highest BCUT2D eigenvalue weighted by Gasteiger charge is 2.28. The van der Waals surface area contributed by atoms with Crippen LogP contribution in [0.5, 0.6) is 0 Å². The average Bonchev–Trinajstić information content (AvgIpc) is 3.25. The monoisotopic (exact) mass is 554 g/mol. The summed E-state index contributed by atoms with van der Waals surface area (Å²) in [5.74, 6) is 1.16. The van der Waals surface area contributed by atoms with E-state index in [0.717, 1.165) is 50.4 Å². The molecular weight excluding hydrogens is 500 g/mol. The van der Waals surface area contributed by atoms with Crippen LogP contribution in [-0.4, -0.2) is 83.9 Å². The van der Waals surface area contributed by atoms with E-state index in [2.05, 4.69) is 66.8 Å². The lowest BCUT2D eigenvalue weighted by Crippen LogP contribution is -2.43. The van der Waals surface area contributed by atoms with Crippen LogP contribution < -0.4 is 4.90 Å². The molecule has 0 aromatic heterocycles. The fraction of sp³-hybridized carbons (Fsp3) is 0.656. The van der Waals surface area contributed by atoms with E-state index >= 15 is 0 Å². The van der Waals surface area contributed by atoms with E-state index in [1.807, 2.05) is 66.1 Å². The first-order chi connectivity index (χ1) is 18.8. The Bertz CT molecular complexity index is 1020. The molecule has 0 aliphatic carbocycles. The van der Waals surface area contributed by atoms with E-state index in [4.69, 9.17) is 9.73 Å². The van der Waals surface area contributed by atoms with Gasteiger partial charge in [-0.3, -0.25) is 9.91 Å². The highest BCUT2D eigenvalue weighted by atomic mass is 16.6. The van der Waals surface area contributed by atoms with Crippen molar-refractivity contribution in [3.8, 4) is 0 Å². The zero-order valence-electron chi connectivity index (χ0n) is 26.9. The molecule has 1 unspecified atom stereocenters. The molecule has 2 aliphatic heterocycles. The number of hydrogen-bond acceptors (Lipinski definition) is 7. The third-order valence-corrected chi connectivity index (χ3v) is 6.98. The average molecular weight is 555 g/mol. The number of hydrazone groups is 1. The number of amidine groups is 1. The smallest absolute Gasteiger partial charge is 0.420 e. The Morgan fingerprint density at radius 2 is 1.73 bits per heavy atom. The topological polar surface area (TPSA) is 64.0 Å². The van der Waals surface area contributed by atoms with Crippen molar-refractivity contribution in [2.75, 3.05) is 38.1 Å². The Labute approximate surface area is 243 Å². The zero-order chi connectivity index (χ0) is 30.0. The van der Waals surface area contributed by atoms with Crippen molar-refractivity contribution >= 4 is 23.8 Å². The van der Waals surface area contributed by atoms with Gasteiger partial charge in [-0.05, 0) is 78.6 Å². The predicted octanol–water partition coefficient (Wildman–Crippen LogP) is 6.63. The molecule has 0 radical (unpaired) electrons. The van der Waals surface area contributed by atoms with Gasteiger partial charge in [0.05, 0.1) is 17.9 Å². The summed E-state index contributed by atoms with van der Waals surface area (Å²) < 4.78 is 5.75. The number of rotatable bonds is 7. The Morgan fingerprint density at radius 3 is 2.27 bits per heavy atom. The maximum absolute atomic E-state index is 13.3. The molecule has 40 heavy (non-hydrogen) atoms. The lowest BCUT2D eigenvalue weighted by atomic mass is 10.0. The Morgan fingerprint density at radius 1 is 1.12 bits per heavy atom. The molecule has 2 atom stereocenters. The second-order valence-corrected chi connectivity index (χ2v) is 12.1. The number of likely N-dealkylation sites (N-methyl/N-ethyl adjacent to an activating group) is 1. The fourth-order valence-corrected chi connectivity index (χ4v) is 4.89. The number of nitrogens with zero attached hydrogens (tertiary/aromatic N) is 6. The van der Waals surface area contributed by atoms with Crippen LogP contribution in [0.15, 0.2) is 46.1 Å². The predicted molar refractivity (Wildman–Crippen MR) is 169 cm³/mol. The molecule has 0 spiro atoms. The molecule has 2 heterocycles. The first-order valence-corrected chi connectivity index (χ1v) is 14.9. The SMILES string of the molecule is CC.CC(=N/C=C1/C=NN([C@H](C)CC(C)C)C1C)N(C(=O)OC(C)(C)C)c1ccc(CN2CCN(C)CC2)cc1. The van der Waals surface area contributed by atoms with Crippen molar-refractivity contribution in [2.45, 2.75) is 99.9 Å². The van der Waals surface area contributed by atoms with Crippen molar-refractivity contribution in [3.05, 3.63) is 41.6 Å². The van der Waals surface area contributed by atoms with Gasteiger partial charge in [-0.1, -0.05) is 39.8 Å². The highest BCUT2D eigenvalue weighted by molar-refractivity contribution is 6.14. The molecule has 8 heteroatoms. The minimum Gasteiger partial charge on any atom is -0.443 e. The molecule has 3 rings (SSSR count). The van der Waals surface area contributed by atoms with Crippen LogP contribution in [0, 0.1) is 5.92 Å². The van der Waals surface area contributed by atoms with Crippen LogP contribution in [0.4, 0.5) is 10.5 Å². The third-order valence-electron chi connectivity index (χ3n) is 6.98. The number of amides is 1. The van der Waals surface area contributed by atoms with Gasteiger partial charge in [-0.25, -0.2) is 14.7 Å². The normalized spacial score (nSPS) is 20.5. The van der Waals surface area contributed by atoms with Crippen molar-refractivity contribution in [3.63, 3.8) is 0 Å². The summed E-state index contributed by atoms with van der Waals surface area (Å²) in [5, 5.41) is 6.78. The molecule has 1 aromatic rings. The highest BCUT2D eigenvalue weighted by Crippen LogP contribution is 2.24. The fourth-order valence-electron chi connectivity index (χ4n) is 4.89. The maximum atomic E-state index is 13.3. The lowest BCUT2D eigenvalue weighted by molar-refractivity contribution is 0.0604. The van der Waals surface area contributed by atoms with Gasteiger partial charge in [0.25, 0.3) is 0 Å². The van der Waals surface area contributed by atoms with Gasteiger partial charge in [0.15, 0.2) is 0 Å². The zero-order valence-corrected chi connectivity index (χ0v) is 26.9. The van der Waals surface area contributed by atoms with E-state index in [1.165, 1.54) is 5.56 Å². The van der Waals surface area contributed by atoms with E-state index in [1.54, 1.807) is 4.90 Å². The van der Waals surface area contributed by atoms with Crippen molar-refractivity contribution in [1.82, 2.24) is 14.8 Å². The van der Waals surface area contributed by atoms with Crippen LogP contribution in [0.25, 0.3) is 0 Å². The van der Waals surface area contributed by atoms with Gasteiger partial charge in [0, 0.05) is 50.5 Å². The third kappa shape index (κ3) is 10.0. The molecule has 0 bridgehead atoms. The summed E-state index contributed by atoms with van der Waals surface area (Å²) in [4.78, 5) is 24.4. The first-order valence-electron chi connectivity index (χ1n) is 14.9. The first kappa shape index (κ1) is 33.5. The summed E-state index contributed by atoms with van der Waals surface area (Å²) in [6.45, 7) is 25.5. The lowest BCUT2D eigenvalue weighted by Gasteiger charge is -2.32. The summed E-state index contributed by atoms with van der Waals surface area (Å²) in [6.07, 6.45) is 4.34. The number of carbonyl (C=O) groups is 1. The number of piperazine rings is 1. The second kappa shape index (κ2) is 15.3. The van der Waals surface area contributed by atoms with E-state index in [0.29, 0.717) is 17.8 Å². The van der Waals surface area contributed by atoms with Crippen LogP contribution in [0.2, 0.25) is 0 Å². The molecule has 1 aromatic carbocycles. The molecular formula is C32H54N6O2. The second-order valence-electron chi connectivity index (χ2n) is 12.1. The molecule has 224 valence electrons. The largest absolute Gasteiger partial charge is 0.443 e. The molecule has 1 saturated heterocycles. The van der Waals surface area contributed by atoms with Crippen molar-refractivity contribution in [1.29, 1.82) is 0 Å². The van der Waals surface area contributed by atoms with Crippen molar-refractivity contribution < 1.29 is 9.53 Å². The van der Waals surface area contributed by atoms with Crippen LogP contribution >= 0.6 is 0 Å². The molecule has 0 saturated carbocycles. The number of carbonyl (C=O) groups excluding carboxylic acids is 1. The van der Waals surface area contributed by atoms with E-state index in [9.17, 15) is 4.79 Å².